The molecule has 0 heterocycles. The minimum Gasteiger partial charge on any atom is -0.351 e. The van der Waals surface area contributed by atoms with Gasteiger partial charge in [-0.1, -0.05) is 31.5 Å². The van der Waals surface area contributed by atoms with E-state index in [2.05, 4.69) is 5.32 Å². The molecule has 0 aliphatic heterocycles. The molecular weight excluding hydrogens is 324 g/mol. The molecule has 2 fully saturated rings. The van der Waals surface area contributed by atoms with Crippen molar-refractivity contribution < 1.29 is 13.2 Å². The first-order chi connectivity index (χ1) is 11.4. The quantitative estimate of drug-likeness (QED) is 0.857. The van der Waals surface area contributed by atoms with E-state index in [9.17, 15) is 13.2 Å². The molecule has 0 radical (unpaired) electrons. The summed E-state index contributed by atoms with van der Waals surface area (Å²) in [6.45, 7) is 1.85. The van der Waals surface area contributed by atoms with Gasteiger partial charge in [0, 0.05) is 6.04 Å². The first kappa shape index (κ1) is 17.3. The highest BCUT2D eigenvalue weighted by molar-refractivity contribution is 7.92. The van der Waals surface area contributed by atoms with Crippen LogP contribution in [-0.4, -0.2) is 32.7 Å². The lowest BCUT2D eigenvalue weighted by molar-refractivity contribution is -0.123. The summed E-state index contributed by atoms with van der Waals surface area (Å²) in [6.07, 6.45) is 6.30. The van der Waals surface area contributed by atoms with Crippen molar-refractivity contribution in [3.8, 4) is 0 Å². The number of carbonyl (C=O) groups is 1. The van der Waals surface area contributed by atoms with E-state index in [0.717, 1.165) is 18.6 Å². The SMILES string of the molecule is CC[C@H](C(=O)N[C@@H]1C[C@@H]2CC[C@@H]1C2)N(c1ccccc1)S(C)(=O)=O. The maximum atomic E-state index is 12.9. The number of carbonyl (C=O) groups excluding carboxylic acids is 1. The molecular formula is C18H26N2O3S. The number of rotatable bonds is 6. The summed E-state index contributed by atoms with van der Waals surface area (Å²) in [7, 11) is -3.55. The predicted octanol–water partition coefficient (Wildman–Crippen LogP) is 2.54. The van der Waals surface area contributed by atoms with Gasteiger partial charge in [-0.15, -0.1) is 0 Å². The fourth-order valence-corrected chi connectivity index (χ4v) is 5.55. The Balaban J connectivity index is 1.80. The van der Waals surface area contributed by atoms with Crippen molar-refractivity contribution in [2.75, 3.05) is 10.6 Å². The fourth-order valence-electron chi connectivity index (χ4n) is 4.34. The molecule has 0 spiro atoms. The lowest BCUT2D eigenvalue weighted by atomic mass is 9.95. The summed E-state index contributed by atoms with van der Waals surface area (Å²) in [5.41, 5.74) is 0.537. The molecule has 6 heteroatoms. The third-order valence-corrected chi connectivity index (χ3v) is 6.59. The van der Waals surface area contributed by atoms with Crippen LogP contribution in [-0.2, 0) is 14.8 Å². The van der Waals surface area contributed by atoms with E-state index < -0.39 is 16.1 Å². The van der Waals surface area contributed by atoms with Crippen LogP contribution >= 0.6 is 0 Å². The van der Waals surface area contributed by atoms with Gasteiger partial charge in [0.15, 0.2) is 0 Å². The molecule has 1 N–H and O–H groups in total. The number of para-hydroxylation sites is 1. The molecule has 24 heavy (non-hydrogen) atoms. The van der Waals surface area contributed by atoms with Crippen LogP contribution in [0.3, 0.4) is 0 Å². The second-order valence-electron chi connectivity index (χ2n) is 7.11. The van der Waals surface area contributed by atoms with Gasteiger partial charge in [-0.25, -0.2) is 8.42 Å². The topological polar surface area (TPSA) is 66.5 Å². The summed E-state index contributed by atoms with van der Waals surface area (Å²) in [6, 6.07) is 8.37. The largest absolute Gasteiger partial charge is 0.351 e. The number of hydrogen-bond donors (Lipinski definition) is 1. The minimum atomic E-state index is -3.55. The lowest BCUT2D eigenvalue weighted by Gasteiger charge is -2.32. The van der Waals surface area contributed by atoms with Crippen LogP contribution in [0.5, 0.6) is 0 Å². The number of nitrogens with zero attached hydrogens (tertiary/aromatic N) is 1. The number of amides is 1. The zero-order chi connectivity index (χ0) is 17.3. The Morgan fingerprint density at radius 2 is 1.96 bits per heavy atom. The molecule has 2 aliphatic rings. The summed E-state index contributed by atoms with van der Waals surface area (Å²) in [4.78, 5) is 12.9. The average molecular weight is 350 g/mol. The van der Waals surface area contributed by atoms with Gasteiger partial charge in [0.05, 0.1) is 11.9 Å². The second-order valence-corrected chi connectivity index (χ2v) is 8.97. The summed E-state index contributed by atoms with van der Waals surface area (Å²) in [5, 5.41) is 3.14. The maximum absolute atomic E-state index is 12.9. The Kier molecular flexibility index (Phi) is 4.85. The van der Waals surface area contributed by atoms with Crippen molar-refractivity contribution in [3.63, 3.8) is 0 Å². The van der Waals surface area contributed by atoms with Crippen molar-refractivity contribution in [1.82, 2.24) is 5.32 Å². The van der Waals surface area contributed by atoms with Gasteiger partial charge in [0.2, 0.25) is 15.9 Å². The number of nitrogens with one attached hydrogen (secondary N) is 1. The number of sulfonamides is 1. The van der Waals surface area contributed by atoms with Crippen LogP contribution in [0.4, 0.5) is 5.69 Å². The fraction of sp³-hybridized carbons (Fsp3) is 0.611. The zero-order valence-corrected chi connectivity index (χ0v) is 15.1. The molecule has 4 atom stereocenters. The van der Waals surface area contributed by atoms with Crippen molar-refractivity contribution in [2.24, 2.45) is 11.8 Å². The van der Waals surface area contributed by atoms with Crippen LogP contribution in [0.1, 0.15) is 39.0 Å². The molecule has 0 aromatic heterocycles. The molecule has 0 unspecified atom stereocenters. The van der Waals surface area contributed by atoms with Gasteiger partial charge in [-0.2, -0.15) is 0 Å². The van der Waals surface area contributed by atoms with Gasteiger partial charge >= 0.3 is 0 Å². The van der Waals surface area contributed by atoms with Crippen LogP contribution in [0, 0.1) is 11.8 Å². The van der Waals surface area contributed by atoms with Gasteiger partial charge in [-0.3, -0.25) is 9.10 Å². The van der Waals surface area contributed by atoms with Crippen LogP contribution < -0.4 is 9.62 Å². The molecule has 132 valence electrons. The minimum absolute atomic E-state index is 0.177. The summed E-state index contributed by atoms with van der Waals surface area (Å²) in [5.74, 6) is 1.13. The number of anilines is 1. The lowest BCUT2D eigenvalue weighted by Crippen LogP contribution is -2.52. The Morgan fingerprint density at radius 3 is 2.46 bits per heavy atom. The molecule has 2 aliphatic carbocycles. The standard InChI is InChI=1S/C18H26N2O3S/c1-3-17(18(21)19-16-12-13-9-10-14(16)11-13)20(24(2,22)23)15-7-5-4-6-8-15/h4-8,13-14,16-17H,3,9-12H2,1-2H3,(H,19,21)/t13-,14-,16-,17-/m1/s1. The maximum Gasteiger partial charge on any atom is 0.244 e. The molecule has 3 rings (SSSR count). The highest BCUT2D eigenvalue weighted by Crippen LogP contribution is 2.44. The van der Waals surface area contributed by atoms with E-state index in [1.54, 1.807) is 24.3 Å². The first-order valence-electron chi connectivity index (χ1n) is 8.75. The smallest absolute Gasteiger partial charge is 0.244 e. The molecule has 5 nitrogen and oxygen atoms in total. The highest BCUT2D eigenvalue weighted by atomic mass is 32.2. The monoisotopic (exact) mass is 350 g/mol. The Labute approximate surface area is 144 Å². The predicted molar refractivity (Wildman–Crippen MR) is 95.2 cm³/mol. The molecule has 1 amide bonds. The van der Waals surface area contributed by atoms with Gasteiger partial charge in [-0.05, 0) is 49.7 Å². The van der Waals surface area contributed by atoms with Gasteiger partial charge in [0.25, 0.3) is 0 Å². The van der Waals surface area contributed by atoms with E-state index in [1.165, 1.54) is 23.6 Å². The second kappa shape index (κ2) is 6.75. The van der Waals surface area contributed by atoms with Crippen molar-refractivity contribution in [3.05, 3.63) is 30.3 Å². The van der Waals surface area contributed by atoms with E-state index in [4.69, 9.17) is 0 Å². The Hall–Kier alpha value is -1.56. The molecule has 2 saturated carbocycles. The highest BCUT2D eigenvalue weighted by Gasteiger charge is 2.41. The van der Waals surface area contributed by atoms with Gasteiger partial charge in [0.1, 0.15) is 6.04 Å². The first-order valence-corrected chi connectivity index (χ1v) is 10.6. The van der Waals surface area contributed by atoms with Crippen LogP contribution in [0.25, 0.3) is 0 Å². The Bertz CT molecular complexity index is 689. The molecule has 1 aromatic rings. The van der Waals surface area contributed by atoms with E-state index in [0.29, 0.717) is 18.0 Å². The van der Waals surface area contributed by atoms with Crippen molar-refractivity contribution in [1.29, 1.82) is 0 Å². The number of benzene rings is 1. The third-order valence-electron chi connectivity index (χ3n) is 5.41. The average Bonchev–Trinajstić information content (AvgIpc) is 3.14. The normalized spacial score (nSPS) is 27.0. The van der Waals surface area contributed by atoms with Crippen molar-refractivity contribution in [2.45, 2.75) is 51.1 Å². The summed E-state index contributed by atoms with van der Waals surface area (Å²) < 4.78 is 26.0. The van der Waals surface area contributed by atoms with E-state index in [-0.39, 0.29) is 11.9 Å². The van der Waals surface area contributed by atoms with Crippen LogP contribution in [0.2, 0.25) is 0 Å². The molecule has 0 saturated heterocycles. The molecule has 1 aromatic carbocycles. The number of hydrogen-bond acceptors (Lipinski definition) is 3. The van der Waals surface area contributed by atoms with Crippen LogP contribution in [0.15, 0.2) is 30.3 Å². The molecule has 2 bridgehead atoms. The zero-order valence-electron chi connectivity index (χ0n) is 14.3. The summed E-state index contributed by atoms with van der Waals surface area (Å²) >= 11 is 0. The van der Waals surface area contributed by atoms with Gasteiger partial charge < -0.3 is 5.32 Å². The third kappa shape index (κ3) is 3.43. The van der Waals surface area contributed by atoms with E-state index >= 15 is 0 Å². The van der Waals surface area contributed by atoms with E-state index in [1.807, 2.05) is 13.0 Å². The number of fused-ring (bicyclic) bond motifs is 2. The van der Waals surface area contributed by atoms with Crippen molar-refractivity contribution >= 4 is 21.6 Å². The Morgan fingerprint density at radius 1 is 1.25 bits per heavy atom.